The van der Waals surface area contributed by atoms with Gasteiger partial charge in [0.15, 0.2) is 0 Å². The lowest BCUT2D eigenvalue weighted by molar-refractivity contribution is -0.134. The molecule has 1 fully saturated rings. The van der Waals surface area contributed by atoms with E-state index in [1.807, 2.05) is 32.9 Å². The first-order chi connectivity index (χ1) is 14.6. The Hall–Kier alpha value is -1.97. The Morgan fingerprint density at radius 2 is 1.55 bits per heavy atom. The van der Waals surface area contributed by atoms with Crippen molar-refractivity contribution in [2.45, 2.75) is 45.9 Å². The van der Waals surface area contributed by atoms with Gasteiger partial charge in [-0.25, -0.2) is 13.1 Å². The molecule has 0 radical (unpaired) electrons. The fraction of sp³-hybridized carbons (Fsp3) is 0.636. The van der Waals surface area contributed by atoms with Crippen LogP contribution < -0.4 is 4.72 Å². The fourth-order valence-corrected chi connectivity index (χ4v) is 5.62. The topological polar surface area (TPSA) is 90.0 Å². The van der Waals surface area contributed by atoms with Gasteiger partial charge in [0.05, 0.1) is 11.4 Å². The molecule has 1 heterocycles. The van der Waals surface area contributed by atoms with E-state index in [4.69, 9.17) is 0 Å². The third-order valence-corrected chi connectivity index (χ3v) is 7.47. The summed E-state index contributed by atoms with van der Waals surface area (Å²) >= 11 is 0. The number of carbonyl (C=O) groups excluding carboxylic acids is 2. The summed E-state index contributed by atoms with van der Waals surface area (Å²) in [4.78, 5) is 30.7. The molecule has 0 aliphatic carbocycles. The molecule has 1 aromatic carbocycles. The fourth-order valence-electron chi connectivity index (χ4n) is 4.14. The van der Waals surface area contributed by atoms with E-state index in [1.54, 1.807) is 23.6 Å². The molecular weight excluding hydrogens is 416 g/mol. The van der Waals surface area contributed by atoms with E-state index in [0.717, 1.165) is 5.56 Å². The maximum absolute atomic E-state index is 12.7. The van der Waals surface area contributed by atoms with Gasteiger partial charge in [0.2, 0.25) is 21.8 Å². The summed E-state index contributed by atoms with van der Waals surface area (Å²) in [7, 11) is -3.67. The third-order valence-electron chi connectivity index (χ3n) is 5.70. The van der Waals surface area contributed by atoms with Crippen molar-refractivity contribution in [3.8, 4) is 0 Å². The molecule has 0 unspecified atom stereocenters. The highest BCUT2D eigenvalue weighted by Gasteiger charge is 2.24. The second-order valence-corrected chi connectivity index (χ2v) is 9.80. The smallest absolute Gasteiger partial charge is 0.241 e. The van der Waals surface area contributed by atoms with E-state index in [-0.39, 0.29) is 29.7 Å². The van der Waals surface area contributed by atoms with Crippen LogP contribution in [-0.2, 0) is 19.6 Å². The summed E-state index contributed by atoms with van der Waals surface area (Å²) in [5.41, 5.74) is 2.42. The molecule has 1 aromatic rings. The van der Waals surface area contributed by atoms with Crippen LogP contribution in [0.15, 0.2) is 17.0 Å². The lowest BCUT2D eigenvalue weighted by atomic mass is 10.1. The maximum Gasteiger partial charge on any atom is 0.241 e. The summed E-state index contributed by atoms with van der Waals surface area (Å²) in [5.74, 6) is 0.0376. The van der Waals surface area contributed by atoms with Gasteiger partial charge in [0.1, 0.15) is 0 Å². The van der Waals surface area contributed by atoms with Gasteiger partial charge in [0.25, 0.3) is 0 Å². The van der Waals surface area contributed by atoms with Gasteiger partial charge in [-0.15, -0.1) is 0 Å². The highest BCUT2D eigenvalue weighted by atomic mass is 32.2. The third kappa shape index (κ3) is 6.75. The van der Waals surface area contributed by atoms with Crippen molar-refractivity contribution in [2.75, 3.05) is 52.4 Å². The molecule has 0 bridgehead atoms. The van der Waals surface area contributed by atoms with Gasteiger partial charge in [-0.2, -0.15) is 0 Å². The minimum absolute atomic E-state index is 0.0641. The molecule has 1 saturated heterocycles. The standard InChI is InChI=1S/C22H36N4O4S/c1-6-25(7-2)21(28)16-24-10-12-26(13-11-24)20(27)8-9-23-31(29,30)22-18(4)14-17(3)15-19(22)5/h14-15,23H,6-13,16H2,1-5H3. The number of piperazine rings is 1. The Morgan fingerprint density at radius 1 is 1.00 bits per heavy atom. The first kappa shape index (κ1) is 25.3. The molecule has 2 amide bonds. The number of nitrogens with one attached hydrogen (secondary N) is 1. The average molecular weight is 453 g/mol. The number of carbonyl (C=O) groups is 2. The summed E-state index contributed by atoms with van der Waals surface area (Å²) in [6.07, 6.45) is 0.113. The van der Waals surface area contributed by atoms with Gasteiger partial charge >= 0.3 is 0 Å². The molecule has 9 heteroatoms. The summed E-state index contributed by atoms with van der Waals surface area (Å²) < 4.78 is 28.0. The van der Waals surface area contributed by atoms with Crippen molar-refractivity contribution >= 4 is 21.8 Å². The molecule has 2 rings (SSSR count). The van der Waals surface area contributed by atoms with Crippen LogP contribution in [0.4, 0.5) is 0 Å². The number of hydrogen-bond acceptors (Lipinski definition) is 5. The van der Waals surface area contributed by atoms with Gasteiger partial charge < -0.3 is 9.80 Å². The highest BCUT2D eigenvalue weighted by molar-refractivity contribution is 7.89. The molecule has 174 valence electrons. The molecule has 8 nitrogen and oxygen atoms in total. The van der Waals surface area contributed by atoms with Crippen LogP contribution in [-0.4, -0.2) is 87.3 Å². The molecule has 1 N–H and O–H groups in total. The number of hydrogen-bond donors (Lipinski definition) is 1. The number of benzene rings is 1. The molecule has 31 heavy (non-hydrogen) atoms. The highest BCUT2D eigenvalue weighted by Crippen LogP contribution is 2.21. The van der Waals surface area contributed by atoms with Crippen LogP contribution in [0.1, 0.15) is 37.0 Å². The molecular formula is C22H36N4O4S. The first-order valence-corrected chi connectivity index (χ1v) is 12.4. The second kappa shape index (κ2) is 11.1. The zero-order valence-corrected chi connectivity index (χ0v) is 20.2. The molecule has 1 aliphatic heterocycles. The number of likely N-dealkylation sites (N-methyl/N-ethyl adjacent to an activating group) is 1. The van der Waals surface area contributed by atoms with Crippen LogP contribution in [0.2, 0.25) is 0 Å². The van der Waals surface area contributed by atoms with Crippen molar-refractivity contribution in [3.05, 3.63) is 28.8 Å². The van der Waals surface area contributed by atoms with E-state index in [0.29, 0.717) is 56.9 Å². The van der Waals surface area contributed by atoms with Gasteiger partial charge in [0, 0.05) is 52.2 Å². The summed E-state index contributed by atoms with van der Waals surface area (Å²) in [6.45, 7) is 13.7. The molecule has 0 saturated carbocycles. The van der Waals surface area contributed by atoms with Crippen LogP contribution in [0.3, 0.4) is 0 Å². The molecule has 0 spiro atoms. The lowest BCUT2D eigenvalue weighted by Crippen LogP contribution is -2.51. The van der Waals surface area contributed by atoms with E-state index in [2.05, 4.69) is 9.62 Å². The Morgan fingerprint density at radius 3 is 2.06 bits per heavy atom. The van der Waals surface area contributed by atoms with Crippen molar-refractivity contribution < 1.29 is 18.0 Å². The van der Waals surface area contributed by atoms with Crippen LogP contribution in [0, 0.1) is 20.8 Å². The van der Waals surface area contributed by atoms with Crippen molar-refractivity contribution in [1.29, 1.82) is 0 Å². The molecule has 0 atom stereocenters. The Bertz CT molecular complexity index is 866. The van der Waals surface area contributed by atoms with Crippen LogP contribution in [0.25, 0.3) is 0 Å². The average Bonchev–Trinajstić information content (AvgIpc) is 2.68. The number of sulfonamides is 1. The zero-order valence-electron chi connectivity index (χ0n) is 19.4. The Balaban J connectivity index is 1.82. The van der Waals surface area contributed by atoms with E-state index in [1.165, 1.54) is 0 Å². The van der Waals surface area contributed by atoms with Crippen LogP contribution >= 0.6 is 0 Å². The first-order valence-electron chi connectivity index (χ1n) is 10.9. The van der Waals surface area contributed by atoms with Gasteiger partial charge in [-0.3, -0.25) is 14.5 Å². The van der Waals surface area contributed by atoms with Crippen molar-refractivity contribution in [2.24, 2.45) is 0 Å². The van der Waals surface area contributed by atoms with Crippen molar-refractivity contribution in [3.63, 3.8) is 0 Å². The SMILES string of the molecule is CCN(CC)C(=O)CN1CCN(C(=O)CCNS(=O)(=O)c2c(C)cc(C)cc2C)CC1. The van der Waals surface area contributed by atoms with E-state index < -0.39 is 10.0 Å². The quantitative estimate of drug-likeness (QED) is 0.610. The number of aryl methyl sites for hydroxylation is 3. The van der Waals surface area contributed by atoms with E-state index in [9.17, 15) is 18.0 Å². The minimum atomic E-state index is -3.67. The Labute approximate surface area is 186 Å². The largest absolute Gasteiger partial charge is 0.342 e. The van der Waals surface area contributed by atoms with Crippen molar-refractivity contribution in [1.82, 2.24) is 19.4 Å². The maximum atomic E-state index is 12.7. The summed E-state index contributed by atoms with van der Waals surface area (Å²) in [5, 5.41) is 0. The summed E-state index contributed by atoms with van der Waals surface area (Å²) in [6, 6.07) is 3.69. The van der Waals surface area contributed by atoms with E-state index >= 15 is 0 Å². The normalized spacial score (nSPS) is 15.2. The zero-order chi connectivity index (χ0) is 23.2. The number of rotatable bonds is 9. The molecule has 1 aliphatic rings. The monoisotopic (exact) mass is 452 g/mol. The van der Waals surface area contributed by atoms with Crippen LogP contribution in [0.5, 0.6) is 0 Å². The minimum Gasteiger partial charge on any atom is -0.342 e. The predicted octanol–water partition coefficient (Wildman–Crippen LogP) is 1.29. The Kier molecular flexibility index (Phi) is 9.02. The lowest BCUT2D eigenvalue weighted by Gasteiger charge is -2.35. The predicted molar refractivity (Wildman–Crippen MR) is 121 cm³/mol. The van der Waals surface area contributed by atoms with Gasteiger partial charge in [-0.05, 0) is 45.7 Å². The second-order valence-electron chi connectivity index (χ2n) is 8.10. The number of nitrogens with zero attached hydrogens (tertiary/aromatic N) is 3. The van der Waals surface area contributed by atoms with Gasteiger partial charge in [-0.1, -0.05) is 17.7 Å². The number of amides is 2. The molecule has 0 aromatic heterocycles.